The summed E-state index contributed by atoms with van der Waals surface area (Å²) >= 11 is 0. The molecule has 1 fully saturated rings. The normalized spacial score (nSPS) is 28.4. The van der Waals surface area contributed by atoms with Gasteiger partial charge in [-0.25, -0.2) is 13.1 Å². The molecule has 7 heteroatoms. The fraction of sp³-hybridized carbons (Fsp3) is 0.909. The minimum Gasteiger partial charge on any atom is -0.481 e. The largest absolute Gasteiger partial charge is 0.481 e. The Morgan fingerprint density at radius 3 is 2.78 bits per heavy atom. The van der Waals surface area contributed by atoms with Crippen LogP contribution in [-0.4, -0.2) is 45.0 Å². The van der Waals surface area contributed by atoms with Crippen LogP contribution in [0.25, 0.3) is 0 Å². The quantitative estimate of drug-likeness (QED) is 0.665. The van der Waals surface area contributed by atoms with Gasteiger partial charge >= 0.3 is 5.97 Å². The van der Waals surface area contributed by atoms with Gasteiger partial charge in [0, 0.05) is 19.8 Å². The van der Waals surface area contributed by atoms with Gasteiger partial charge in [-0.15, -0.1) is 0 Å². The molecule has 0 amide bonds. The fourth-order valence-electron chi connectivity index (χ4n) is 2.28. The number of sulfonamides is 1. The van der Waals surface area contributed by atoms with Gasteiger partial charge < -0.3 is 9.84 Å². The summed E-state index contributed by atoms with van der Waals surface area (Å²) in [7, 11) is -1.92. The summed E-state index contributed by atoms with van der Waals surface area (Å²) in [5, 5.41) is 9.20. The molecule has 106 valence electrons. The second-order valence-corrected chi connectivity index (χ2v) is 6.82. The van der Waals surface area contributed by atoms with E-state index in [0.29, 0.717) is 25.9 Å². The van der Waals surface area contributed by atoms with Gasteiger partial charge in [0.05, 0.1) is 11.2 Å². The van der Waals surface area contributed by atoms with Crippen molar-refractivity contribution in [3.05, 3.63) is 0 Å². The van der Waals surface area contributed by atoms with E-state index in [1.165, 1.54) is 7.11 Å². The average Bonchev–Trinajstić information content (AvgIpc) is 2.61. The summed E-state index contributed by atoms with van der Waals surface area (Å²) in [6.07, 6.45) is 2.22. The van der Waals surface area contributed by atoms with Crippen LogP contribution >= 0.6 is 0 Å². The standard InChI is InChI=1S/C11H21NO5S/c1-11(10(13)14)6-3-5-9(11)12-18(15,16)8-4-7-17-2/h9,12H,3-8H2,1-2H3,(H,13,14). The number of methoxy groups -OCH3 is 1. The first kappa shape index (κ1) is 15.4. The van der Waals surface area contributed by atoms with Crippen molar-refractivity contribution in [1.82, 2.24) is 4.72 Å². The number of carboxylic acids is 1. The first-order chi connectivity index (χ1) is 8.32. The van der Waals surface area contributed by atoms with Gasteiger partial charge in [-0.2, -0.15) is 0 Å². The molecule has 0 heterocycles. The molecule has 0 saturated heterocycles. The minimum absolute atomic E-state index is 0.0347. The lowest BCUT2D eigenvalue weighted by atomic mass is 9.85. The van der Waals surface area contributed by atoms with Crippen molar-refractivity contribution >= 4 is 16.0 Å². The van der Waals surface area contributed by atoms with Crippen LogP contribution in [0.5, 0.6) is 0 Å². The smallest absolute Gasteiger partial charge is 0.310 e. The maximum atomic E-state index is 11.8. The van der Waals surface area contributed by atoms with E-state index in [4.69, 9.17) is 4.74 Å². The van der Waals surface area contributed by atoms with Crippen molar-refractivity contribution in [2.45, 2.75) is 38.6 Å². The maximum absolute atomic E-state index is 11.8. The van der Waals surface area contributed by atoms with Crippen molar-refractivity contribution in [3.8, 4) is 0 Å². The Hall–Kier alpha value is -0.660. The van der Waals surface area contributed by atoms with Crippen molar-refractivity contribution in [1.29, 1.82) is 0 Å². The Labute approximate surface area is 108 Å². The van der Waals surface area contributed by atoms with Gasteiger partial charge in [-0.05, 0) is 26.2 Å². The summed E-state index contributed by atoms with van der Waals surface area (Å²) in [6.45, 7) is 1.98. The Morgan fingerprint density at radius 2 is 2.22 bits per heavy atom. The predicted molar refractivity (Wildman–Crippen MR) is 66.8 cm³/mol. The molecular formula is C11H21NO5S. The van der Waals surface area contributed by atoms with E-state index < -0.39 is 27.4 Å². The highest BCUT2D eigenvalue weighted by Gasteiger charge is 2.46. The number of ether oxygens (including phenoxy) is 1. The van der Waals surface area contributed by atoms with Crippen LogP contribution in [0, 0.1) is 5.41 Å². The number of hydrogen-bond acceptors (Lipinski definition) is 4. The molecule has 1 aliphatic rings. The van der Waals surface area contributed by atoms with Crippen LogP contribution in [0.15, 0.2) is 0 Å². The zero-order valence-electron chi connectivity index (χ0n) is 10.8. The molecule has 0 bridgehead atoms. The monoisotopic (exact) mass is 279 g/mol. The Balaban J connectivity index is 2.63. The van der Waals surface area contributed by atoms with Crippen LogP contribution < -0.4 is 4.72 Å². The third-order valence-electron chi connectivity index (χ3n) is 3.53. The van der Waals surface area contributed by atoms with E-state index in [9.17, 15) is 18.3 Å². The Morgan fingerprint density at radius 1 is 1.56 bits per heavy atom. The van der Waals surface area contributed by atoms with Gasteiger partial charge in [0.1, 0.15) is 0 Å². The second-order valence-electron chi connectivity index (χ2n) is 4.95. The maximum Gasteiger partial charge on any atom is 0.310 e. The number of rotatable bonds is 7. The van der Waals surface area contributed by atoms with Crippen LogP contribution in [-0.2, 0) is 19.6 Å². The number of nitrogens with one attached hydrogen (secondary N) is 1. The Kier molecular flexibility index (Phi) is 5.12. The summed E-state index contributed by atoms with van der Waals surface area (Å²) in [6, 6.07) is -0.512. The van der Waals surface area contributed by atoms with E-state index in [-0.39, 0.29) is 5.75 Å². The van der Waals surface area contributed by atoms with Crippen molar-refractivity contribution in [2.24, 2.45) is 5.41 Å². The van der Waals surface area contributed by atoms with E-state index in [2.05, 4.69) is 4.72 Å². The van der Waals surface area contributed by atoms with Crippen molar-refractivity contribution < 1.29 is 23.1 Å². The number of carbonyl (C=O) groups is 1. The van der Waals surface area contributed by atoms with Crippen LogP contribution in [0.1, 0.15) is 32.6 Å². The van der Waals surface area contributed by atoms with Gasteiger partial charge in [0.2, 0.25) is 10.0 Å². The van der Waals surface area contributed by atoms with Gasteiger partial charge in [0.15, 0.2) is 0 Å². The van der Waals surface area contributed by atoms with E-state index in [1.54, 1.807) is 6.92 Å². The summed E-state index contributed by atoms with van der Waals surface area (Å²) in [5.74, 6) is -0.975. The molecule has 1 aliphatic carbocycles. The molecule has 0 aliphatic heterocycles. The van der Waals surface area contributed by atoms with E-state index in [1.807, 2.05) is 0 Å². The lowest BCUT2D eigenvalue weighted by Gasteiger charge is -2.27. The fourth-order valence-corrected chi connectivity index (χ4v) is 3.71. The molecule has 1 rings (SSSR count). The summed E-state index contributed by atoms with van der Waals surface area (Å²) in [4.78, 5) is 11.2. The van der Waals surface area contributed by atoms with Crippen molar-refractivity contribution in [2.75, 3.05) is 19.5 Å². The third-order valence-corrected chi connectivity index (χ3v) is 5.00. The van der Waals surface area contributed by atoms with Crippen LogP contribution in [0.4, 0.5) is 0 Å². The molecule has 2 atom stereocenters. The lowest BCUT2D eigenvalue weighted by Crippen LogP contribution is -2.47. The molecule has 0 aromatic heterocycles. The topological polar surface area (TPSA) is 92.7 Å². The molecule has 2 N–H and O–H groups in total. The zero-order chi connectivity index (χ0) is 13.8. The Bertz CT molecular complexity index is 394. The van der Waals surface area contributed by atoms with Gasteiger partial charge in [-0.3, -0.25) is 4.79 Å². The number of carboxylic acid groups (broad SMARTS) is 1. The van der Waals surface area contributed by atoms with E-state index in [0.717, 1.165) is 6.42 Å². The molecule has 0 aromatic rings. The third kappa shape index (κ3) is 3.66. The van der Waals surface area contributed by atoms with Crippen LogP contribution in [0.2, 0.25) is 0 Å². The first-order valence-corrected chi connectivity index (χ1v) is 7.69. The molecule has 0 spiro atoms. The van der Waals surface area contributed by atoms with E-state index >= 15 is 0 Å². The molecular weight excluding hydrogens is 258 g/mol. The van der Waals surface area contributed by atoms with Gasteiger partial charge in [-0.1, -0.05) is 6.42 Å². The summed E-state index contributed by atoms with van der Waals surface area (Å²) in [5.41, 5.74) is -0.992. The molecule has 18 heavy (non-hydrogen) atoms. The highest BCUT2D eigenvalue weighted by atomic mass is 32.2. The van der Waals surface area contributed by atoms with Crippen molar-refractivity contribution in [3.63, 3.8) is 0 Å². The second kappa shape index (κ2) is 5.99. The zero-order valence-corrected chi connectivity index (χ0v) is 11.6. The number of aliphatic carboxylic acids is 1. The first-order valence-electron chi connectivity index (χ1n) is 6.04. The molecule has 6 nitrogen and oxygen atoms in total. The highest BCUT2D eigenvalue weighted by Crippen LogP contribution is 2.38. The molecule has 2 unspecified atom stereocenters. The number of hydrogen-bond donors (Lipinski definition) is 2. The summed E-state index contributed by atoms with van der Waals surface area (Å²) < 4.78 is 30.9. The highest BCUT2D eigenvalue weighted by molar-refractivity contribution is 7.89. The lowest BCUT2D eigenvalue weighted by molar-refractivity contribution is -0.148. The molecule has 1 saturated carbocycles. The molecule has 0 radical (unpaired) electrons. The SMILES string of the molecule is COCCCS(=O)(=O)NC1CCCC1(C)C(=O)O. The predicted octanol–water partition coefficient (Wildman–Crippen LogP) is 0.586. The van der Waals surface area contributed by atoms with Gasteiger partial charge in [0.25, 0.3) is 0 Å². The average molecular weight is 279 g/mol. The molecule has 0 aromatic carbocycles. The van der Waals surface area contributed by atoms with Crippen LogP contribution in [0.3, 0.4) is 0 Å². The minimum atomic E-state index is -3.44.